The van der Waals surface area contributed by atoms with Crippen LogP contribution in [0.25, 0.3) is 11.3 Å². The monoisotopic (exact) mass is 699 g/mol. The van der Waals surface area contributed by atoms with Crippen LogP contribution in [0.2, 0.25) is 10.0 Å². The largest absolute Gasteiger partial charge is 0.396 e. The summed E-state index contributed by atoms with van der Waals surface area (Å²) in [5.74, 6) is -2.40. The minimum Gasteiger partial charge on any atom is -0.396 e. The first-order valence-corrected chi connectivity index (χ1v) is 16.0. The molecular weight excluding hydrogens is 663 g/mol. The number of aliphatic hydroxyl groups excluding tert-OH is 4. The molecule has 0 spiro atoms. The number of hydrogen-bond acceptors (Lipinski definition) is 10. The summed E-state index contributed by atoms with van der Waals surface area (Å²) in [4.78, 5) is 15.9. The van der Waals surface area contributed by atoms with Gasteiger partial charge in [0, 0.05) is 41.6 Å². The van der Waals surface area contributed by atoms with Crippen molar-refractivity contribution in [1.29, 1.82) is 0 Å². The number of carbonyl (C=O) groups is 1. The van der Waals surface area contributed by atoms with Gasteiger partial charge in [-0.25, -0.2) is 13.5 Å². The van der Waals surface area contributed by atoms with E-state index in [1.54, 1.807) is 12.1 Å². The summed E-state index contributed by atoms with van der Waals surface area (Å²) in [7, 11) is 1.31. The van der Waals surface area contributed by atoms with Crippen molar-refractivity contribution in [2.24, 2.45) is 0 Å². The van der Waals surface area contributed by atoms with Crippen LogP contribution in [0.5, 0.6) is 0 Å². The molecule has 1 saturated carbocycles. The van der Waals surface area contributed by atoms with Crippen LogP contribution in [0, 0.1) is 11.6 Å². The van der Waals surface area contributed by atoms with E-state index in [4.69, 9.17) is 37.8 Å². The molecule has 1 amide bonds. The van der Waals surface area contributed by atoms with Crippen LogP contribution >= 0.6 is 23.2 Å². The van der Waals surface area contributed by atoms with E-state index in [0.29, 0.717) is 24.9 Å². The predicted molar refractivity (Wildman–Crippen MR) is 169 cm³/mol. The Morgan fingerprint density at radius 1 is 1.11 bits per heavy atom. The lowest BCUT2D eigenvalue weighted by molar-refractivity contribution is -0.211. The fraction of sp³-hybridized carbons (Fsp3) is 0.516. The standard InChI is InChI=1S/C31H37Cl2F2N5O7/c1-46-29-27(39-14-22(37-38-39)16-9-20(34)26(21(35)10-16)36-7-4-8-41)28(44)25(15-42)47-30(29)31(45)40(23-5-2-3-6-24(23)43)19-12-17(32)11-18(33)13-19/h9-14,23-25,27-30,36,41-44H,2-8,15H2,1H3/t23-,24-,25?,27?,28?,29?,30?/m0/s1. The normalized spacial score (nSPS) is 26.3. The van der Waals surface area contributed by atoms with Crippen LogP contribution < -0.4 is 10.2 Å². The second-order valence-electron chi connectivity index (χ2n) is 11.6. The minimum atomic E-state index is -1.45. The zero-order chi connectivity index (χ0) is 33.8. The number of rotatable bonds is 11. The molecule has 2 fully saturated rings. The molecule has 0 radical (unpaired) electrons. The molecular formula is C31H37Cl2F2N5O7. The van der Waals surface area contributed by atoms with Gasteiger partial charge in [-0.3, -0.25) is 4.79 Å². The van der Waals surface area contributed by atoms with Gasteiger partial charge in [0.05, 0.1) is 24.9 Å². The first-order valence-electron chi connectivity index (χ1n) is 15.3. The van der Waals surface area contributed by atoms with Crippen LogP contribution in [0.3, 0.4) is 0 Å². The minimum absolute atomic E-state index is 0.0519. The summed E-state index contributed by atoms with van der Waals surface area (Å²) < 4.78 is 42.6. The van der Waals surface area contributed by atoms with Crippen molar-refractivity contribution >= 4 is 40.5 Å². The summed E-state index contributed by atoms with van der Waals surface area (Å²) in [6.45, 7) is -0.653. The lowest BCUT2D eigenvalue weighted by atomic mass is 9.88. The Morgan fingerprint density at radius 3 is 2.40 bits per heavy atom. The molecule has 0 bridgehead atoms. The molecule has 1 saturated heterocycles. The van der Waals surface area contributed by atoms with E-state index in [1.807, 2.05) is 0 Å². The second-order valence-corrected chi connectivity index (χ2v) is 12.5. The molecule has 1 aliphatic heterocycles. The van der Waals surface area contributed by atoms with Crippen molar-refractivity contribution in [3.05, 3.63) is 58.2 Å². The molecule has 16 heteroatoms. The van der Waals surface area contributed by atoms with Crippen molar-refractivity contribution in [3.63, 3.8) is 0 Å². The molecule has 47 heavy (non-hydrogen) atoms. The van der Waals surface area contributed by atoms with E-state index < -0.39 is 66.8 Å². The maximum atomic E-state index is 14.8. The average Bonchev–Trinajstić information content (AvgIpc) is 3.52. The summed E-state index contributed by atoms with van der Waals surface area (Å²) in [5, 5.41) is 52.7. The Labute approximate surface area is 279 Å². The van der Waals surface area contributed by atoms with Gasteiger partial charge in [0.2, 0.25) is 0 Å². The Morgan fingerprint density at radius 2 is 1.79 bits per heavy atom. The van der Waals surface area contributed by atoms with Gasteiger partial charge in [-0.1, -0.05) is 41.3 Å². The van der Waals surface area contributed by atoms with Gasteiger partial charge in [-0.05, 0) is 49.6 Å². The number of methoxy groups -OCH3 is 1. The summed E-state index contributed by atoms with van der Waals surface area (Å²) in [6, 6.07) is 4.92. The van der Waals surface area contributed by atoms with Crippen molar-refractivity contribution in [1.82, 2.24) is 15.0 Å². The number of ether oxygens (including phenoxy) is 2. The highest BCUT2D eigenvalue weighted by atomic mass is 35.5. The number of nitrogens with one attached hydrogen (secondary N) is 1. The van der Waals surface area contributed by atoms with Crippen molar-refractivity contribution in [3.8, 4) is 11.3 Å². The fourth-order valence-corrected chi connectivity index (χ4v) is 6.80. The number of hydrogen-bond donors (Lipinski definition) is 5. The number of nitrogens with zero attached hydrogens (tertiary/aromatic N) is 4. The Balaban J connectivity index is 1.50. The van der Waals surface area contributed by atoms with Crippen molar-refractivity contribution < 1.29 is 43.5 Å². The highest BCUT2D eigenvalue weighted by Gasteiger charge is 2.52. The number of aromatic nitrogens is 3. The smallest absolute Gasteiger partial charge is 0.259 e. The molecule has 12 nitrogen and oxygen atoms in total. The Bertz CT molecular complexity index is 1510. The van der Waals surface area contributed by atoms with Gasteiger partial charge in [-0.15, -0.1) is 5.10 Å². The molecule has 7 atom stereocenters. The van der Waals surface area contributed by atoms with Gasteiger partial charge in [0.15, 0.2) is 6.10 Å². The first-order chi connectivity index (χ1) is 22.6. The third-order valence-electron chi connectivity index (χ3n) is 8.56. The average molecular weight is 701 g/mol. The molecule has 256 valence electrons. The number of amides is 1. The van der Waals surface area contributed by atoms with E-state index >= 15 is 0 Å². The quantitative estimate of drug-likeness (QED) is 0.188. The zero-order valence-corrected chi connectivity index (χ0v) is 27.0. The molecule has 5 rings (SSSR count). The lowest BCUT2D eigenvalue weighted by Crippen LogP contribution is -2.63. The Kier molecular flexibility index (Phi) is 11.7. The third-order valence-corrected chi connectivity index (χ3v) is 9.00. The van der Waals surface area contributed by atoms with E-state index in [9.17, 15) is 28.9 Å². The highest BCUT2D eigenvalue weighted by molar-refractivity contribution is 6.35. The highest BCUT2D eigenvalue weighted by Crippen LogP contribution is 2.38. The number of halogens is 4. The first kappa shape index (κ1) is 35.4. The van der Waals surface area contributed by atoms with Crippen LogP contribution in [-0.4, -0.2) is 105 Å². The van der Waals surface area contributed by atoms with Gasteiger partial charge < -0.3 is 40.1 Å². The topological polar surface area (TPSA) is 162 Å². The lowest BCUT2D eigenvalue weighted by Gasteiger charge is -2.46. The molecule has 5 N–H and O–H groups in total. The maximum absolute atomic E-state index is 14.8. The Hall–Kier alpha value is -2.95. The zero-order valence-electron chi connectivity index (χ0n) is 25.5. The number of carbonyl (C=O) groups excluding carboxylic acids is 1. The summed E-state index contributed by atoms with van der Waals surface area (Å²) >= 11 is 12.6. The second kappa shape index (κ2) is 15.5. The molecule has 2 aliphatic rings. The summed E-state index contributed by atoms with van der Waals surface area (Å²) in [5.41, 5.74) is 0.0782. The number of anilines is 2. The van der Waals surface area contributed by atoms with E-state index in [0.717, 1.165) is 25.0 Å². The number of benzene rings is 2. The van der Waals surface area contributed by atoms with Gasteiger partial charge >= 0.3 is 0 Å². The van der Waals surface area contributed by atoms with Gasteiger partial charge in [0.25, 0.3) is 5.91 Å². The molecule has 3 aromatic rings. The van der Waals surface area contributed by atoms with Crippen molar-refractivity contribution in [2.45, 2.75) is 74.7 Å². The van der Waals surface area contributed by atoms with Gasteiger partial charge in [-0.2, -0.15) is 0 Å². The van der Waals surface area contributed by atoms with E-state index in [2.05, 4.69) is 15.6 Å². The van der Waals surface area contributed by atoms with Crippen LogP contribution in [0.1, 0.15) is 38.1 Å². The molecule has 1 aromatic heterocycles. The maximum Gasteiger partial charge on any atom is 0.259 e. The van der Waals surface area contributed by atoms with E-state index in [1.165, 1.54) is 29.0 Å². The van der Waals surface area contributed by atoms with Crippen molar-refractivity contribution in [2.75, 3.05) is 37.1 Å². The fourth-order valence-electron chi connectivity index (χ4n) is 6.29. The van der Waals surface area contributed by atoms with E-state index in [-0.39, 0.29) is 40.1 Å². The van der Waals surface area contributed by atoms with Crippen LogP contribution in [0.15, 0.2) is 36.5 Å². The summed E-state index contributed by atoms with van der Waals surface area (Å²) in [6.07, 6.45) is -2.11. The third kappa shape index (κ3) is 7.55. The predicted octanol–water partition coefficient (Wildman–Crippen LogP) is 3.34. The van der Waals surface area contributed by atoms with Crippen LogP contribution in [-0.2, 0) is 14.3 Å². The number of aliphatic hydroxyl groups is 4. The van der Waals surface area contributed by atoms with Crippen LogP contribution in [0.4, 0.5) is 20.2 Å². The SMILES string of the molecule is COC1C(C(=O)N(c2cc(Cl)cc(Cl)c2)[C@H]2CCCC[C@@H]2O)OC(CO)C(O)C1n1cc(-c2cc(F)c(NCCCO)c(F)c2)nn1. The molecule has 1 aliphatic carbocycles. The molecule has 2 heterocycles. The van der Waals surface area contributed by atoms with Gasteiger partial charge in [0.1, 0.15) is 47.4 Å². The molecule has 2 aromatic carbocycles. The molecule has 5 unspecified atom stereocenters.